The number of pyridine rings is 6. The van der Waals surface area contributed by atoms with Gasteiger partial charge in [0.15, 0.2) is 0 Å². The molecule has 6 atom stereocenters. The highest BCUT2D eigenvalue weighted by atomic mass is 15.4. The molecule has 494 valence electrons. The molecular weight excluding hydrogens is 1180 g/mol. The molecule has 18 rings (SSSR count). The fraction of sp³-hybridized carbons (Fsp3) is 0.532. The number of fused-ring (bicyclic) bond motifs is 3. The molecule has 95 heavy (non-hydrogen) atoms. The number of rotatable bonds is 12. The van der Waals surface area contributed by atoms with E-state index >= 15 is 0 Å². The molecule has 18 nitrogen and oxygen atoms in total. The molecule has 18 heteroatoms. The van der Waals surface area contributed by atoms with Gasteiger partial charge in [0.1, 0.15) is 34.4 Å². The van der Waals surface area contributed by atoms with Gasteiger partial charge < -0.3 is 36.0 Å². The summed E-state index contributed by atoms with van der Waals surface area (Å²) in [4.78, 5) is 45.4. The van der Waals surface area contributed by atoms with Gasteiger partial charge in [0.05, 0.1) is 70.4 Å². The van der Waals surface area contributed by atoms with Gasteiger partial charge in [0, 0.05) is 124 Å². The molecule has 9 aromatic rings. The maximum Gasteiger partial charge on any atom is 0.139 e. The van der Waals surface area contributed by atoms with Crippen LogP contribution < -0.4 is 36.0 Å². The summed E-state index contributed by atoms with van der Waals surface area (Å²) in [5.74, 6) is 3.75. The second-order valence-electron chi connectivity index (χ2n) is 30.5. The van der Waals surface area contributed by atoms with Crippen LogP contribution in [0.4, 0.5) is 17.5 Å². The smallest absolute Gasteiger partial charge is 0.139 e. The zero-order valence-corrected chi connectivity index (χ0v) is 57.1. The van der Waals surface area contributed by atoms with Crippen LogP contribution in [0.15, 0.2) is 85.3 Å². The lowest BCUT2D eigenvalue weighted by molar-refractivity contribution is 0.198. The van der Waals surface area contributed by atoms with Crippen LogP contribution in [0.3, 0.4) is 0 Å². The summed E-state index contributed by atoms with van der Waals surface area (Å²) in [6.07, 6.45) is 23.5. The third kappa shape index (κ3) is 10.6. The van der Waals surface area contributed by atoms with Crippen LogP contribution in [-0.4, -0.2) is 143 Å². The summed E-state index contributed by atoms with van der Waals surface area (Å²) >= 11 is 0. The Morgan fingerprint density at radius 2 is 1.00 bits per heavy atom. The second kappa shape index (κ2) is 23.5. The summed E-state index contributed by atoms with van der Waals surface area (Å²) in [6, 6.07) is 26.7. The van der Waals surface area contributed by atoms with Crippen LogP contribution in [0.1, 0.15) is 200 Å². The first-order valence-electron chi connectivity index (χ1n) is 36.4. The van der Waals surface area contributed by atoms with Crippen LogP contribution in [0.25, 0.3) is 39.2 Å². The summed E-state index contributed by atoms with van der Waals surface area (Å²) < 4.78 is 7.38. The molecule has 0 bridgehead atoms. The Bertz CT molecular complexity index is 4440. The van der Waals surface area contributed by atoms with E-state index in [1.165, 1.54) is 107 Å². The van der Waals surface area contributed by atoms with E-state index < -0.39 is 0 Å². The normalized spacial score (nSPS) is 25.7. The molecule has 9 aliphatic rings. The zero-order valence-electron chi connectivity index (χ0n) is 57.1. The van der Waals surface area contributed by atoms with E-state index in [4.69, 9.17) is 29.9 Å². The minimum Gasteiger partial charge on any atom is -0.355 e. The molecule has 0 amide bonds. The van der Waals surface area contributed by atoms with Crippen molar-refractivity contribution < 1.29 is 0 Å². The molecule has 3 aliphatic carbocycles. The van der Waals surface area contributed by atoms with Crippen molar-refractivity contribution in [1.82, 2.24) is 74.2 Å². The maximum atomic E-state index is 5.70. The van der Waals surface area contributed by atoms with Crippen LogP contribution in [0, 0.1) is 41.5 Å². The van der Waals surface area contributed by atoms with Gasteiger partial charge in [-0.2, -0.15) is 0 Å². The first-order valence-corrected chi connectivity index (χ1v) is 36.4. The lowest BCUT2D eigenvalue weighted by Crippen LogP contribution is -2.53. The topological polar surface area (TPSA) is 155 Å². The Hall–Kier alpha value is -7.32. The third-order valence-corrected chi connectivity index (χ3v) is 24.4. The molecule has 2 spiro atoms. The van der Waals surface area contributed by atoms with Gasteiger partial charge in [-0.05, 0) is 233 Å². The molecular formula is C77H96N18. The Labute approximate surface area is 559 Å². The Morgan fingerprint density at radius 3 is 1.62 bits per heavy atom. The molecule has 0 aromatic carbocycles. The van der Waals surface area contributed by atoms with E-state index in [9.17, 15) is 0 Å². The average Bonchev–Trinajstić information content (AvgIpc) is 1.65. The molecule has 9 fully saturated rings. The summed E-state index contributed by atoms with van der Waals surface area (Å²) in [6.45, 7) is 24.0. The standard InChI is InChI=1S/C77H96N18/c1-47-13-12-29-78-70(47)58-14-8-18-62(82-58)74-51(5)94-66(87-74)41-54(43-68(94)90-37-35-89(36-38-90)56-22-23-56)57-24-30-79-72(49(57)3)60-16-10-19-63(84-60)75-52(6)95-65(86-75)40-53(42-69(95)91-32-31-81-76(45-91)25-26-76)55-39-48(2)71(80-44-55)59-15-9-17-61(83-59)73-50(4)93-64(85-73)20-11-21-67(93)92-34-33-88(7)77(46-92)27-28-77/h11-13,20-21,24,29-30,39-44,56,58-63,81-84H,8-10,14-19,22-23,25-28,31-38,45-46H2,1-7H3/t58-,59-,60-,61+,62+,63+/m0/s1. The molecule has 0 unspecified atom stereocenters. The van der Waals surface area contributed by atoms with Crippen molar-refractivity contribution >= 4 is 34.4 Å². The first-order chi connectivity index (χ1) is 46.3. The minimum atomic E-state index is 0.0685. The van der Waals surface area contributed by atoms with Gasteiger partial charge in [0.2, 0.25) is 0 Å². The van der Waals surface area contributed by atoms with Gasteiger partial charge in [-0.1, -0.05) is 12.1 Å². The monoisotopic (exact) mass is 1270 g/mol. The number of likely N-dealkylation sites (N-methyl/N-ethyl adjacent to an activating group) is 1. The molecule has 3 saturated carbocycles. The number of imidazole rings is 3. The van der Waals surface area contributed by atoms with Crippen LogP contribution in [-0.2, 0) is 0 Å². The number of piperazine rings is 3. The zero-order chi connectivity index (χ0) is 64.0. The average molecular weight is 1270 g/mol. The van der Waals surface area contributed by atoms with E-state index in [1.54, 1.807) is 0 Å². The van der Waals surface area contributed by atoms with Crippen molar-refractivity contribution in [3.63, 3.8) is 0 Å². The van der Waals surface area contributed by atoms with Crippen molar-refractivity contribution in [3.05, 3.63) is 153 Å². The fourth-order valence-corrected chi connectivity index (χ4v) is 18.5. The van der Waals surface area contributed by atoms with Crippen molar-refractivity contribution in [2.75, 3.05) is 87.2 Å². The van der Waals surface area contributed by atoms with Crippen LogP contribution in [0.2, 0.25) is 0 Å². The van der Waals surface area contributed by atoms with E-state index in [2.05, 4.69) is 181 Å². The number of nitrogens with one attached hydrogen (secondary N) is 4. The number of anilines is 3. The highest BCUT2D eigenvalue weighted by Gasteiger charge is 2.50. The van der Waals surface area contributed by atoms with E-state index in [0.29, 0.717) is 5.54 Å². The van der Waals surface area contributed by atoms with Gasteiger partial charge >= 0.3 is 0 Å². The Kier molecular flexibility index (Phi) is 14.8. The minimum absolute atomic E-state index is 0.0685. The quantitative estimate of drug-likeness (QED) is 0.0916. The molecule has 6 saturated heterocycles. The predicted octanol–water partition coefficient (Wildman–Crippen LogP) is 12.2. The van der Waals surface area contributed by atoms with Crippen LogP contribution >= 0.6 is 0 Å². The van der Waals surface area contributed by atoms with Crippen LogP contribution in [0.5, 0.6) is 0 Å². The largest absolute Gasteiger partial charge is 0.355 e. The molecule has 0 radical (unpaired) electrons. The van der Waals surface area contributed by atoms with Crippen molar-refractivity contribution in [2.45, 2.75) is 191 Å². The van der Waals surface area contributed by atoms with Gasteiger partial charge in [-0.3, -0.25) is 38.0 Å². The number of piperidine rings is 3. The number of hydrogen-bond acceptors (Lipinski definition) is 15. The Morgan fingerprint density at radius 1 is 0.442 bits per heavy atom. The van der Waals surface area contributed by atoms with Crippen molar-refractivity contribution in [2.24, 2.45) is 0 Å². The lowest BCUT2D eigenvalue weighted by atomic mass is 9.90. The van der Waals surface area contributed by atoms with Gasteiger partial charge in [-0.25, -0.2) is 15.0 Å². The number of aromatic nitrogens is 9. The fourth-order valence-electron chi connectivity index (χ4n) is 18.5. The summed E-state index contributed by atoms with van der Waals surface area (Å²) in [5.41, 5.74) is 22.6. The molecule has 9 aromatic heterocycles. The van der Waals surface area contributed by atoms with Gasteiger partial charge in [0.25, 0.3) is 0 Å². The van der Waals surface area contributed by atoms with E-state index in [-0.39, 0.29) is 41.8 Å². The molecule has 6 aliphatic heterocycles. The molecule has 4 N–H and O–H groups in total. The second-order valence-corrected chi connectivity index (χ2v) is 30.5. The number of aryl methyl sites for hydroxylation is 5. The first kappa shape index (κ1) is 60.1. The predicted molar refractivity (Wildman–Crippen MR) is 378 cm³/mol. The van der Waals surface area contributed by atoms with Crippen molar-refractivity contribution in [3.8, 4) is 22.3 Å². The summed E-state index contributed by atoms with van der Waals surface area (Å²) in [7, 11) is 2.31. The maximum absolute atomic E-state index is 5.70. The lowest BCUT2D eigenvalue weighted by Gasteiger charge is -2.41. The number of nitrogens with zero attached hydrogens (tertiary/aromatic N) is 14. The number of hydrogen-bond donors (Lipinski definition) is 4. The highest BCUT2D eigenvalue weighted by Crippen LogP contribution is 2.47. The highest BCUT2D eigenvalue weighted by molar-refractivity contribution is 5.77. The Balaban J connectivity index is 0.634. The third-order valence-electron chi connectivity index (χ3n) is 24.4. The SMILES string of the molecule is Cc1cccnc1[C@@H]1CCC[C@H](c2nc3cc(-c4ccnc([C@@H]5CCC[C@H](c6nc7cc(-c8cnc([C@@H]9CCC[C@H](c%10nc%11cccc(N%12CCN(C)C%13(CC%13)C%12)n%11c%10C)N9)c(C)c8)cc(N8CCNC9(CC9)C8)n7c6C)N5)c4C)cc(N4CCN(C5CC5)CC4)n3c2C)N1. The van der Waals surface area contributed by atoms with Crippen molar-refractivity contribution in [1.29, 1.82) is 0 Å². The molecule has 15 heterocycles. The summed E-state index contributed by atoms with van der Waals surface area (Å²) in [5, 5.41) is 16.3. The van der Waals surface area contributed by atoms with E-state index in [1.807, 2.05) is 12.3 Å². The van der Waals surface area contributed by atoms with E-state index in [0.717, 1.165) is 186 Å². The van der Waals surface area contributed by atoms with Gasteiger partial charge in [-0.15, -0.1) is 0 Å².